The molecule has 0 aromatic heterocycles. The number of hydrogen-bond acceptors (Lipinski definition) is 4. The van der Waals surface area contributed by atoms with Crippen LogP contribution in [0.3, 0.4) is 0 Å². The second-order valence-electron chi connectivity index (χ2n) is 10.6. The third-order valence-corrected chi connectivity index (χ3v) is 9.57. The summed E-state index contributed by atoms with van der Waals surface area (Å²) in [7, 11) is 0. The van der Waals surface area contributed by atoms with E-state index in [1.165, 1.54) is 26.2 Å². The number of esters is 1. The summed E-state index contributed by atoms with van der Waals surface area (Å²) < 4.78 is 5.56. The standard InChI is InChI=1S/C23H35N2O3.ClH/c1-14(26)28-16-8-10-22(2)15(12-16)4-5-17-18-6-7-20(21(27)13-25-24)23(18,3)11-9-19(17)22;/h15-20H,4-13H2,1-3H3;1H/q+1;/p-1/t15-,16-,17-,18-,19-,20+,22-,23-;/m0./s1. The fourth-order valence-electron chi connectivity index (χ4n) is 8.27. The number of Topliss-reactive ketones (excluding diaryl/α,β-unsaturated/α-hetero) is 1. The minimum Gasteiger partial charge on any atom is -1.00 e. The van der Waals surface area contributed by atoms with Gasteiger partial charge in [-0.25, -0.2) is 0 Å². The summed E-state index contributed by atoms with van der Waals surface area (Å²) in [5.74, 6) is 2.79. The quantitative estimate of drug-likeness (QED) is 0.515. The summed E-state index contributed by atoms with van der Waals surface area (Å²) in [5.41, 5.74) is 0.435. The summed E-state index contributed by atoms with van der Waals surface area (Å²) in [6.45, 7) is 6.32. The molecule has 4 aliphatic carbocycles. The van der Waals surface area contributed by atoms with E-state index in [4.69, 9.17) is 10.1 Å². The lowest BCUT2D eigenvalue weighted by atomic mass is 9.44. The first-order chi connectivity index (χ1) is 13.3. The molecule has 4 rings (SSSR count). The van der Waals surface area contributed by atoms with Gasteiger partial charge >= 0.3 is 12.5 Å². The molecule has 0 heterocycles. The van der Waals surface area contributed by atoms with E-state index in [1.54, 1.807) is 0 Å². The van der Waals surface area contributed by atoms with Gasteiger partial charge in [0, 0.05) is 12.8 Å². The van der Waals surface area contributed by atoms with Crippen LogP contribution in [0.2, 0.25) is 0 Å². The molecule has 0 radical (unpaired) electrons. The monoisotopic (exact) mass is 422 g/mol. The average molecular weight is 423 g/mol. The number of hydrogen-bond donors (Lipinski definition) is 0. The van der Waals surface area contributed by atoms with Crippen molar-refractivity contribution in [1.82, 2.24) is 0 Å². The van der Waals surface area contributed by atoms with Gasteiger partial charge in [-0.3, -0.25) is 9.59 Å². The van der Waals surface area contributed by atoms with E-state index in [0.29, 0.717) is 23.2 Å². The van der Waals surface area contributed by atoms with Crippen molar-refractivity contribution in [3.05, 3.63) is 4.98 Å². The van der Waals surface area contributed by atoms with Crippen molar-refractivity contribution in [1.29, 1.82) is 5.39 Å². The minimum absolute atomic E-state index is 0. The first-order valence-corrected chi connectivity index (χ1v) is 11.3. The van der Waals surface area contributed by atoms with Crippen molar-refractivity contribution in [2.75, 3.05) is 6.54 Å². The summed E-state index contributed by atoms with van der Waals surface area (Å²) in [4.78, 5) is 27.1. The van der Waals surface area contributed by atoms with Crippen molar-refractivity contribution in [2.24, 2.45) is 40.4 Å². The zero-order chi connectivity index (χ0) is 20.1. The Bertz CT molecular complexity index is 707. The fourth-order valence-corrected chi connectivity index (χ4v) is 8.27. The molecule has 4 aliphatic rings. The zero-order valence-corrected chi connectivity index (χ0v) is 18.8. The Hall–Kier alpha value is -1.15. The molecule has 29 heavy (non-hydrogen) atoms. The molecular weight excluding hydrogens is 388 g/mol. The van der Waals surface area contributed by atoms with Crippen LogP contribution in [0.15, 0.2) is 0 Å². The Morgan fingerprint density at radius 1 is 1.00 bits per heavy atom. The molecule has 162 valence electrons. The highest BCUT2D eigenvalue weighted by Crippen LogP contribution is 2.67. The van der Waals surface area contributed by atoms with Gasteiger partial charge in [0.25, 0.3) is 0 Å². The smallest absolute Gasteiger partial charge is 0.362 e. The Labute approximate surface area is 180 Å². The van der Waals surface area contributed by atoms with Gasteiger partial charge < -0.3 is 17.1 Å². The lowest BCUT2D eigenvalue weighted by molar-refractivity contribution is -0.161. The molecule has 4 fully saturated rings. The molecule has 6 heteroatoms. The maximum atomic E-state index is 12.6. The third kappa shape index (κ3) is 3.60. The molecule has 5 nitrogen and oxygen atoms in total. The normalized spacial score (nSPS) is 45.6. The van der Waals surface area contributed by atoms with E-state index in [-0.39, 0.29) is 48.1 Å². The van der Waals surface area contributed by atoms with Crippen LogP contribution < -0.4 is 12.4 Å². The van der Waals surface area contributed by atoms with Crippen molar-refractivity contribution >= 4 is 11.8 Å². The van der Waals surface area contributed by atoms with E-state index in [9.17, 15) is 9.59 Å². The molecule has 0 aliphatic heterocycles. The summed E-state index contributed by atoms with van der Waals surface area (Å²) in [6, 6.07) is 0. The van der Waals surface area contributed by atoms with Crippen LogP contribution in [0.25, 0.3) is 4.98 Å². The topological polar surface area (TPSA) is 71.5 Å². The predicted octanol–water partition coefficient (Wildman–Crippen LogP) is 2.00. The lowest BCUT2D eigenvalue weighted by Gasteiger charge is -2.61. The van der Waals surface area contributed by atoms with Crippen LogP contribution in [0.5, 0.6) is 0 Å². The van der Waals surface area contributed by atoms with Crippen molar-refractivity contribution in [2.45, 2.75) is 84.7 Å². The first-order valence-electron chi connectivity index (χ1n) is 11.3. The minimum atomic E-state index is -0.146. The van der Waals surface area contributed by atoms with Gasteiger partial charge in [-0.1, -0.05) is 13.8 Å². The number of nitrogens with zero attached hydrogens (tertiary/aromatic N) is 2. The molecule has 0 aromatic carbocycles. The largest absolute Gasteiger partial charge is 1.00 e. The molecule has 0 saturated heterocycles. The number of fused-ring (bicyclic) bond motifs is 5. The molecule has 0 spiro atoms. The lowest BCUT2D eigenvalue weighted by Crippen LogP contribution is -3.00. The van der Waals surface area contributed by atoms with E-state index < -0.39 is 0 Å². The number of halogens is 1. The first kappa shape index (κ1) is 22.5. The summed E-state index contributed by atoms with van der Waals surface area (Å²) in [6.07, 6.45) is 10.2. The van der Waals surface area contributed by atoms with Crippen LogP contribution in [-0.2, 0) is 14.3 Å². The van der Waals surface area contributed by atoms with Crippen LogP contribution >= 0.6 is 0 Å². The molecule has 0 N–H and O–H groups in total. The SMILES string of the molecule is CC(=O)O[C@H]1CC[C@@]2(C)[C@@H](CC[C@@H]3[C@@H]2CC[C@]2(C)[C@@H](C(=O)C[N+]#N)CC[C@@H]32)C1.[Cl-]. The average Bonchev–Trinajstić information content (AvgIpc) is 2.99. The fraction of sp³-hybridized carbons (Fsp3) is 0.913. The second kappa shape index (κ2) is 8.17. The van der Waals surface area contributed by atoms with Crippen LogP contribution in [0, 0.1) is 45.8 Å². The van der Waals surface area contributed by atoms with E-state index in [2.05, 4.69) is 18.8 Å². The molecule has 0 bridgehead atoms. The van der Waals surface area contributed by atoms with E-state index in [1.807, 2.05) is 0 Å². The van der Waals surface area contributed by atoms with Crippen molar-refractivity contribution in [3.63, 3.8) is 0 Å². The third-order valence-electron chi connectivity index (χ3n) is 9.57. The molecule has 8 atom stereocenters. The van der Waals surface area contributed by atoms with Gasteiger partial charge in [0.1, 0.15) is 11.1 Å². The molecular formula is C23H35ClN2O3. The Kier molecular flexibility index (Phi) is 6.35. The van der Waals surface area contributed by atoms with Crippen LogP contribution in [0.4, 0.5) is 0 Å². The number of rotatable bonds is 3. The van der Waals surface area contributed by atoms with Gasteiger partial charge in [0.2, 0.25) is 11.2 Å². The highest BCUT2D eigenvalue weighted by molar-refractivity contribution is 5.85. The molecule has 0 amide bonds. The number of carbonyl (C=O) groups excluding carboxylic acids is 2. The highest BCUT2D eigenvalue weighted by Gasteiger charge is 2.61. The maximum Gasteiger partial charge on any atom is 0.362 e. The van der Waals surface area contributed by atoms with Crippen molar-refractivity contribution < 1.29 is 26.7 Å². The Morgan fingerprint density at radius 2 is 1.69 bits per heavy atom. The number of ketones is 1. The predicted molar refractivity (Wildman–Crippen MR) is 106 cm³/mol. The number of carbonyl (C=O) groups is 2. The summed E-state index contributed by atoms with van der Waals surface area (Å²) >= 11 is 0. The van der Waals surface area contributed by atoms with Crippen LogP contribution in [-0.4, -0.2) is 24.4 Å². The van der Waals surface area contributed by atoms with Gasteiger partial charge in [-0.05, 0) is 92.3 Å². The molecule has 0 unspecified atom stereocenters. The summed E-state index contributed by atoms with van der Waals surface area (Å²) in [5, 5.41) is 8.88. The Balaban J connectivity index is 0.00000240. The van der Waals surface area contributed by atoms with Crippen LogP contribution in [0.1, 0.15) is 78.6 Å². The Morgan fingerprint density at radius 3 is 2.38 bits per heavy atom. The van der Waals surface area contributed by atoms with Gasteiger partial charge in [-0.2, -0.15) is 0 Å². The highest BCUT2D eigenvalue weighted by atomic mass is 35.5. The number of ether oxygens (including phenoxy) is 1. The molecule has 4 saturated carbocycles. The zero-order valence-electron chi connectivity index (χ0n) is 18.0. The molecule has 0 aromatic rings. The number of diazo groups is 1. The van der Waals surface area contributed by atoms with Gasteiger partial charge in [-0.15, -0.1) is 0 Å². The van der Waals surface area contributed by atoms with Gasteiger partial charge in [0.15, 0.2) is 0 Å². The maximum absolute atomic E-state index is 12.6. The van der Waals surface area contributed by atoms with E-state index >= 15 is 0 Å². The van der Waals surface area contributed by atoms with E-state index in [0.717, 1.165) is 44.4 Å². The van der Waals surface area contributed by atoms with Crippen molar-refractivity contribution in [3.8, 4) is 0 Å². The van der Waals surface area contributed by atoms with Gasteiger partial charge in [0.05, 0.1) is 0 Å². The second-order valence-corrected chi connectivity index (χ2v) is 10.6.